The fourth-order valence-corrected chi connectivity index (χ4v) is 3.08. The number of alkyl halides is 3. The minimum atomic E-state index is -4.26. The highest BCUT2D eigenvalue weighted by Crippen LogP contribution is 2.36. The average Bonchev–Trinajstić information content (AvgIpc) is 3.08. The largest absolute Gasteiger partial charge is 0.416 e. The van der Waals surface area contributed by atoms with Gasteiger partial charge in [-0.15, -0.1) is 0 Å². The van der Waals surface area contributed by atoms with Crippen molar-refractivity contribution in [3.63, 3.8) is 0 Å². The number of benzene rings is 1. The second-order valence-corrected chi connectivity index (χ2v) is 5.37. The number of hydrogen-bond acceptors (Lipinski definition) is 2. The monoisotopic (exact) mass is 282 g/mol. The van der Waals surface area contributed by atoms with Crippen LogP contribution in [0.3, 0.4) is 0 Å². The summed E-state index contributed by atoms with van der Waals surface area (Å²) >= 11 is 0. The summed E-state index contributed by atoms with van der Waals surface area (Å²) < 4.78 is 37.8. The van der Waals surface area contributed by atoms with Crippen LogP contribution in [0.1, 0.15) is 42.9 Å². The third kappa shape index (κ3) is 2.53. The van der Waals surface area contributed by atoms with Crippen LogP contribution >= 0.6 is 0 Å². The molecule has 1 aromatic rings. The molecule has 0 bridgehead atoms. The first-order valence-electron chi connectivity index (χ1n) is 7.03. The van der Waals surface area contributed by atoms with Gasteiger partial charge in [0.15, 0.2) is 0 Å². The minimum absolute atomic E-state index is 0.189. The number of amidine groups is 1. The number of rotatable bonds is 1. The molecule has 1 atom stereocenters. The van der Waals surface area contributed by atoms with Crippen molar-refractivity contribution in [2.24, 2.45) is 4.99 Å². The van der Waals surface area contributed by atoms with Crippen molar-refractivity contribution in [1.29, 1.82) is 0 Å². The highest BCUT2D eigenvalue weighted by molar-refractivity contribution is 5.84. The van der Waals surface area contributed by atoms with E-state index in [2.05, 4.69) is 9.89 Å². The van der Waals surface area contributed by atoms with Crippen LogP contribution in [0.15, 0.2) is 29.3 Å². The Labute approximate surface area is 116 Å². The number of halogens is 3. The lowest BCUT2D eigenvalue weighted by Gasteiger charge is -2.27. The van der Waals surface area contributed by atoms with Crippen molar-refractivity contribution in [3.8, 4) is 0 Å². The topological polar surface area (TPSA) is 15.6 Å². The summed E-state index contributed by atoms with van der Waals surface area (Å²) in [6.45, 7) is 1.84. The molecule has 2 heterocycles. The van der Waals surface area contributed by atoms with Gasteiger partial charge >= 0.3 is 6.18 Å². The molecule has 2 nitrogen and oxygen atoms in total. The highest BCUT2D eigenvalue weighted by atomic mass is 19.4. The first-order chi connectivity index (χ1) is 9.55. The molecule has 0 aliphatic carbocycles. The predicted octanol–water partition coefficient (Wildman–Crippen LogP) is 4.03. The van der Waals surface area contributed by atoms with Gasteiger partial charge in [0.2, 0.25) is 0 Å². The standard InChI is InChI=1S/C15H17F3N2/c16-15(17,18)12-7-5-11(6-8-12)13-3-2-10-20(13)14-4-1-9-19-14/h5-8,13H,1-4,9-10H2. The average molecular weight is 282 g/mol. The van der Waals surface area contributed by atoms with E-state index >= 15 is 0 Å². The second-order valence-electron chi connectivity index (χ2n) is 5.37. The second kappa shape index (κ2) is 5.11. The van der Waals surface area contributed by atoms with Crippen LogP contribution in [0, 0.1) is 0 Å². The van der Waals surface area contributed by atoms with Gasteiger partial charge in [0.25, 0.3) is 0 Å². The van der Waals surface area contributed by atoms with Crippen molar-refractivity contribution in [2.75, 3.05) is 13.1 Å². The Kier molecular flexibility index (Phi) is 3.44. The summed E-state index contributed by atoms with van der Waals surface area (Å²) in [7, 11) is 0. The van der Waals surface area contributed by atoms with Gasteiger partial charge in [-0.2, -0.15) is 13.2 Å². The van der Waals surface area contributed by atoms with Crippen LogP contribution in [0.2, 0.25) is 0 Å². The van der Waals surface area contributed by atoms with Crippen molar-refractivity contribution in [1.82, 2.24) is 4.90 Å². The maximum absolute atomic E-state index is 12.6. The van der Waals surface area contributed by atoms with E-state index in [4.69, 9.17) is 0 Å². The van der Waals surface area contributed by atoms with Gasteiger partial charge in [-0.25, -0.2) is 0 Å². The molecule has 1 unspecified atom stereocenters. The van der Waals surface area contributed by atoms with Gasteiger partial charge in [-0.05, 0) is 37.0 Å². The van der Waals surface area contributed by atoms with E-state index in [1.807, 2.05) is 0 Å². The SMILES string of the molecule is FC(F)(F)c1ccc(C2CCCN2C2=NCCC2)cc1. The van der Waals surface area contributed by atoms with Crippen molar-refractivity contribution >= 4 is 5.84 Å². The van der Waals surface area contributed by atoms with Gasteiger partial charge in [-0.3, -0.25) is 4.99 Å². The molecule has 1 saturated heterocycles. The van der Waals surface area contributed by atoms with E-state index in [1.165, 1.54) is 12.1 Å². The fraction of sp³-hybridized carbons (Fsp3) is 0.533. The number of nitrogens with zero attached hydrogens (tertiary/aromatic N) is 2. The summed E-state index contributed by atoms with van der Waals surface area (Å²) in [6, 6.07) is 5.78. The number of hydrogen-bond donors (Lipinski definition) is 0. The molecule has 3 rings (SSSR count). The van der Waals surface area contributed by atoms with E-state index in [9.17, 15) is 13.2 Å². The van der Waals surface area contributed by atoms with Crippen molar-refractivity contribution < 1.29 is 13.2 Å². The van der Waals surface area contributed by atoms with Gasteiger partial charge in [0.05, 0.1) is 17.4 Å². The zero-order valence-electron chi connectivity index (χ0n) is 11.2. The molecule has 0 radical (unpaired) electrons. The van der Waals surface area contributed by atoms with Crippen LogP contribution in [-0.2, 0) is 6.18 Å². The van der Waals surface area contributed by atoms with E-state index in [0.717, 1.165) is 50.2 Å². The third-order valence-electron chi connectivity index (χ3n) is 4.06. The fourth-order valence-electron chi connectivity index (χ4n) is 3.08. The molecule has 0 spiro atoms. The molecular weight excluding hydrogens is 265 g/mol. The Morgan fingerprint density at radius 1 is 1.10 bits per heavy atom. The maximum atomic E-state index is 12.6. The number of aliphatic imine (C=N–C) groups is 1. The molecule has 0 amide bonds. The predicted molar refractivity (Wildman–Crippen MR) is 71.7 cm³/mol. The smallest absolute Gasteiger partial charge is 0.353 e. The van der Waals surface area contributed by atoms with Crippen LogP contribution in [-0.4, -0.2) is 23.8 Å². The quantitative estimate of drug-likeness (QED) is 0.759. The molecule has 108 valence electrons. The van der Waals surface area contributed by atoms with Gasteiger partial charge in [0, 0.05) is 19.5 Å². The van der Waals surface area contributed by atoms with E-state index in [1.54, 1.807) is 12.1 Å². The first kappa shape index (κ1) is 13.5. The molecule has 5 heteroatoms. The first-order valence-corrected chi connectivity index (χ1v) is 7.03. The Balaban J connectivity index is 1.81. The third-order valence-corrected chi connectivity index (χ3v) is 4.06. The Morgan fingerprint density at radius 2 is 1.85 bits per heavy atom. The Hall–Kier alpha value is -1.52. The van der Waals surface area contributed by atoms with Crippen LogP contribution in [0.25, 0.3) is 0 Å². The lowest BCUT2D eigenvalue weighted by atomic mass is 10.0. The summed E-state index contributed by atoms with van der Waals surface area (Å²) in [5.41, 5.74) is 0.383. The van der Waals surface area contributed by atoms with Gasteiger partial charge in [0.1, 0.15) is 0 Å². The van der Waals surface area contributed by atoms with Crippen LogP contribution in [0.5, 0.6) is 0 Å². The summed E-state index contributed by atoms with van der Waals surface area (Å²) in [5, 5.41) is 0. The van der Waals surface area contributed by atoms with E-state index < -0.39 is 11.7 Å². The molecular formula is C15H17F3N2. The lowest BCUT2D eigenvalue weighted by Crippen LogP contribution is -2.29. The zero-order chi connectivity index (χ0) is 14.2. The highest BCUT2D eigenvalue weighted by Gasteiger charge is 2.32. The molecule has 0 N–H and O–H groups in total. The molecule has 2 aliphatic heterocycles. The molecule has 2 aliphatic rings. The molecule has 0 saturated carbocycles. The summed E-state index contributed by atoms with van der Waals surface area (Å²) in [5.74, 6) is 1.13. The Morgan fingerprint density at radius 3 is 2.45 bits per heavy atom. The normalized spacial score (nSPS) is 23.2. The Bertz CT molecular complexity index is 505. The van der Waals surface area contributed by atoms with Crippen molar-refractivity contribution in [3.05, 3.63) is 35.4 Å². The van der Waals surface area contributed by atoms with Crippen LogP contribution in [0.4, 0.5) is 13.2 Å². The van der Waals surface area contributed by atoms with Gasteiger partial charge < -0.3 is 4.90 Å². The lowest BCUT2D eigenvalue weighted by molar-refractivity contribution is -0.137. The molecule has 20 heavy (non-hydrogen) atoms. The zero-order valence-corrected chi connectivity index (χ0v) is 11.2. The molecule has 1 aromatic carbocycles. The van der Waals surface area contributed by atoms with E-state index in [0.29, 0.717) is 0 Å². The maximum Gasteiger partial charge on any atom is 0.416 e. The molecule has 1 fully saturated rings. The van der Waals surface area contributed by atoms with E-state index in [-0.39, 0.29) is 6.04 Å². The molecule has 0 aromatic heterocycles. The van der Waals surface area contributed by atoms with Crippen LogP contribution < -0.4 is 0 Å². The summed E-state index contributed by atoms with van der Waals surface area (Å²) in [6.07, 6.45) is -0.110. The number of likely N-dealkylation sites (tertiary alicyclic amines) is 1. The van der Waals surface area contributed by atoms with Gasteiger partial charge in [-0.1, -0.05) is 12.1 Å². The summed E-state index contributed by atoms with van der Waals surface area (Å²) in [4.78, 5) is 6.79. The minimum Gasteiger partial charge on any atom is -0.353 e. The van der Waals surface area contributed by atoms with Crippen molar-refractivity contribution in [2.45, 2.75) is 37.9 Å².